The summed E-state index contributed by atoms with van der Waals surface area (Å²) in [6.45, 7) is 2.42. The van der Waals surface area contributed by atoms with E-state index < -0.39 is 0 Å². The number of nitrogens with one attached hydrogen (secondary N) is 2. The van der Waals surface area contributed by atoms with Crippen LogP contribution in [0.1, 0.15) is 17.7 Å². The molecule has 0 saturated heterocycles. The van der Waals surface area contributed by atoms with Gasteiger partial charge in [-0.3, -0.25) is 14.3 Å². The highest BCUT2D eigenvalue weighted by Crippen LogP contribution is 2.14. The molecule has 1 aromatic heterocycles. The number of rotatable bonds is 7. The molecule has 8 heteroatoms. The van der Waals surface area contributed by atoms with E-state index in [2.05, 4.69) is 10.6 Å². The molecule has 0 aliphatic carbocycles. The fourth-order valence-electron chi connectivity index (χ4n) is 3.26. The summed E-state index contributed by atoms with van der Waals surface area (Å²) in [6.07, 6.45) is 0.0596. The number of amides is 3. The van der Waals surface area contributed by atoms with Crippen molar-refractivity contribution >= 4 is 17.6 Å². The Hall–Kier alpha value is -3.81. The van der Waals surface area contributed by atoms with Crippen LogP contribution in [0.2, 0.25) is 0 Å². The summed E-state index contributed by atoms with van der Waals surface area (Å²) in [4.78, 5) is 39.0. The maximum atomic E-state index is 12.8. The standard InChI is InChI=1S/C23H27N5O3/c1-17-21(22(30)28(27(17)3)19-12-8-5-9-13-19)25-20(29)14-15-24-23(31)26(2)16-18-10-6-4-7-11-18/h4-13H,14-16H2,1-3H3,(H,24,31)(H,25,29). The second-order valence-corrected chi connectivity index (χ2v) is 7.31. The Morgan fingerprint density at radius 3 is 2.26 bits per heavy atom. The molecule has 2 aromatic carbocycles. The molecular formula is C23H27N5O3. The number of para-hydroxylation sites is 1. The van der Waals surface area contributed by atoms with Crippen LogP contribution in [0.5, 0.6) is 0 Å². The first-order valence-electron chi connectivity index (χ1n) is 10.0. The zero-order valence-electron chi connectivity index (χ0n) is 18.0. The molecule has 162 valence electrons. The van der Waals surface area contributed by atoms with Crippen molar-refractivity contribution in [3.63, 3.8) is 0 Å². The van der Waals surface area contributed by atoms with Crippen molar-refractivity contribution in [1.82, 2.24) is 19.6 Å². The Kier molecular flexibility index (Phi) is 6.92. The average Bonchev–Trinajstić information content (AvgIpc) is 2.98. The van der Waals surface area contributed by atoms with Gasteiger partial charge in [0.05, 0.1) is 11.4 Å². The predicted octanol–water partition coefficient (Wildman–Crippen LogP) is 2.65. The lowest BCUT2D eigenvalue weighted by molar-refractivity contribution is -0.116. The maximum absolute atomic E-state index is 12.8. The first-order valence-corrected chi connectivity index (χ1v) is 10.0. The van der Waals surface area contributed by atoms with Crippen LogP contribution in [0.3, 0.4) is 0 Å². The van der Waals surface area contributed by atoms with Gasteiger partial charge in [0, 0.05) is 33.6 Å². The predicted molar refractivity (Wildman–Crippen MR) is 120 cm³/mol. The van der Waals surface area contributed by atoms with Gasteiger partial charge in [-0.05, 0) is 24.6 Å². The quantitative estimate of drug-likeness (QED) is 0.615. The van der Waals surface area contributed by atoms with Crippen LogP contribution < -0.4 is 16.2 Å². The SMILES string of the molecule is Cc1c(NC(=O)CCNC(=O)N(C)Cc2ccccc2)c(=O)n(-c2ccccc2)n1C. The van der Waals surface area contributed by atoms with Crippen LogP contribution in [0, 0.1) is 6.92 Å². The smallest absolute Gasteiger partial charge is 0.317 e. The van der Waals surface area contributed by atoms with Crippen molar-refractivity contribution in [3.05, 3.63) is 82.3 Å². The highest BCUT2D eigenvalue weighted by molar-refractivity contribution is 5.91. The van der Waals surface area contributed by atoms with Gasteiger partial charge in [-0.2, -0.15) is 0 Å². The molecule has 0 spiro atoms. The number of anilines is 1. The van der Waals surface area contributed by atoms with E-state index in [-0.39, 0.29) is 36.2 Å². The number of carbonyl (C=O) groups is 2. The zero-order chi connectivity index (χ0) is 22.4. The summed E-state index contributed by atoms with van der Waals surface area (Å²) in [7, 11) is 3.46. The van der Waals surface area contributed by atoms with Gasteiger partial charge in [-0.1, -0.05) is 48.5 Å². The van der Waals surface area contributed by atoms with Crippen molar-refractivity contribution in [1.29, 1.82) is 0 Å². The van der Waals surface area contributed by atoms with Gasteiger partial charge in [-0.15, -0.1) is 0 Å². The monoisotopic (exact) mass is 421 g/mol. The summed E-state index contributed by atoms with van der Waals surface area (Å²) >= 11 is 0. The molecule has 1 heterocycles. The first-order chi connectivity index (χ1) is 14.9. The molecule has 0 fully saturated rings. The lowest BCUT2D eigenvalue weighted by Crippen LogP contribution is -2.38. The third-order valence-electron chi connectivity index (χ3n) is 5.06. The Morgan fingerprint density at radius 2 is 1.61 bits per heavy atom. The third-order valence-corrected chi connectivity index (χ3v) is 5.06. The van der Waals surface area contributed by atoms with Gasteiger partial charge < -0.3 is 15.5 Å². The topological polar surface area (TPSA) is 88.4 Å². The van der Waals surface area contributed by atoms with Gasteiger partial charge in [0.25, 0.3) is 5.56 Å². The summed E-state index contributed by atoms with van der Waals surface area (Å²) in [5.74, 6) is -0.336. The molecule has 0 unspecified atom stereocenters. The highest BCUT2D eigenvalue weighted by Gasteiger charge is 2.18. The largest absolute Gasteiger partial charge is 0.337 e. The van der Waals surface area contributed by atoms with Crippen molar-refractivity contribution in [2.45, 2.75) is 19.9 Å². The fraction of sp³-hybridized carbons (Fsp3) is 0.261. The van der Waals surface area contributed by atoms with Gasteiger partial charge in [-0.25, -0.2) is 9.48 Å². The first kappa shape index (κ1) is 21.9. The molecule has 0 atom stereocenters. The molecule has 8 nitrogen and oxygen atoms in total. The van der Waals surface area contributed by atoms with Crippen molar-refractivity contribution in [2.24, 2.45) is 7.05 Å². The normalized spacial score (nSPS) is 10.5. The number of carbonyl (C=O) groups excluding carboxylic acids is 2. The van der Waals surface area contributed by atoms with Crippen LogP contribution >= 0.6 is 0 Å². The van der Waals surface area contributed by atoms with Crippen LogP contribution in [-0.2, 0) is 18.4 Å². The van der Waals surface area contributed by atoms with E-state index in [0.717, 1.165) is 5.56 Å². The molecule has 3 amide bonds. The van der Waals surface area contributed by atoms with Crippen LogP contribution in [0.4, 0.5) is 10.5 Å². The van der Waals surface area contributed by atoms with Gasteiger partial charge in [0.2, 0.25) is 5.91 Å². The Morgan fingerprint density at radius 1 is 1.00 bits per heavy atom. The highest BCUT2D eigenvalue weighted by atomic mass is 16.2. The Bertz CT molecular complexity index is 1100. The van der Waals surface area contributed by atoms with Gasteiger partial charge in [0.1, 0.15) is 5.69 Å². The van der Waals surface area contributed by atoms with Crippen LogP contribution in [0.15, 0.2) is 65.5 Å². The van der Waals surface area contributed by atoms with Crippen molar-refractivity contribution < 1.29 is 9.59 Å². The summed E-state index contributed by atoms with van der Waals surface area (Å²) < 4.78 is 3.21. The van der Waals surface area contributed by atoms with E-state index in [1.165, 1.54) is 4.68 Å². The molecule has 2 N–H and O–H groups in total. The molecular weight excluding hydrogens is 394 g/mol. The molecule has 3 rings (SSSR count). The van der Waals surface area contributed by atoms with E-state index in [1.807, 2.05) is 60.7 Å². The van der Waals surface area contributed by atoms with Crippen molar-refractivity contribution in [3.8, 4) is 5.69 Å². The van der Waals surface area contributed by atoms with E-state index in [1.54, 1.807) is 30.6 Å². The molecule has 3 aromatic rings. The number of nitrogens with zero attached hydrogens (tertiary/aromatic N) is 3. The summed E-state index contributed by atoms with van der Waals surface area (Å²) in [6, 6.07) is 18.6. The number of benzene rings is 2. The number of hydrogen-bond donors (Lipinski definition) is 2. The molecule has 0 radical (unpaired) electrons. The summed E-state index contributed by atoms with van der Waals surface area (Å²) in [5.41, 5.74) is 2.32. The molecule has 0 saturated carbocycles. The maximum Gasteiger partial charge on any atom is 0.317 e. The van der Waals surface area contributed by atoms with E-state index >= 15 is 0 Å². The molecule has 0 bridgehead atoms. The molecule has 0 aliphatic rings. The van der Waals surface area contributed by atoms with E-state index in [9.17, 15) is 14.4 Å². The minimum Gasteiger partial charge on any atom is -0.337 e. The van der Waals surface area contributed by atoms with Crippen LogP contribution in [-0.4, -0.2) is 39.8 Å². The lowest BCUT2D eigenvalue weighted by atomic mass is 10.2. The van der Waals surface area contributed by atoms with Crippen molar-refractivity contribution in [2.75, 3.05) is 18.9 Å². The van der Waals surface area contributed by atoms with Gasteiger partial charge in [0.15, 0.2) is 0 Å². The van der Waals surface area contributed by atoms with Gasteiger partial charge >= 0.3 is 6.03 Å². The zero-order valence-corrected chi connectivity index (χ0v) is 18.0. The lowest BCUT2D eigenvalue weighted by Gasteiger charge is -2.18. The minimum absolute atomic E-state index is 0.0596. The fourth-order valence-corrected chi connectivity index (χ4v) is 3.26. The van der Waals surface area contributed by atoms with E-state index in [0.29, 0.717) is 17.9 Å². The number of urea groups is 1. The molecule has 31 heavy (non-hydrogen) atoms. The Balaban J connectivity index is 1.55. The molecule has 0 aliphatic heterocycles. The van der Waals surface area contributed by atoms with E-state index in [4.69, 9.17) is 0 Å². The average molecular weight is 422 g/mol. The Labute approximate surface area is 181 Å². The number of aromatic nitrogens is 2. The second kappa shape index (κ2) is 9.80. The number of hydrogen-bond acceptors (Lipinski definition) is 3. The minimum atomic E-state index is -0.336. The van der Waals surface area contributed by atoms with Crippen LogP contribution in [0.25, 0.3) is 5.69 Å². The third kappa shape index (κ3) is 5.22. The second-order valence-electron chi connectivity index (χ2n) is 7.31. The summed E-state index contributed by atoms with van der Waals surface area (Å²) in [5, 5.41) is 5.42.